The fraction of sp³-hybridized carbons (Fsp3) is 0.154. The molecule has 0 aliphatic heterocycles. The summed E-state index contributed by atoms with van der Waals surface area (Å²) in [7, 11) is 1.63. The number of methoxy groups -OCH3 is 1. The Bertz CT molecular complexity index is 614. The highest BCUT2D eigenvalue weighted by molar-refractivity contribution is 5.82. The third-order valence-corrected chi connectivity index (χ3v) is 2.58. The van der Waals surface area contributed by atoms with Crippen LogP contribution in [0, 0.1) is 0 Å². The van der Waals surface area contributed by atoms with Crippen LogP contribution < -0.4 is 16.2 Å². The molecule has 1 aromatic heterocycles. The van der Waals surface area contributed by atoms with Crippen LogP contribution in [0.2, 0.25) is 0 Å². The summed E-state index contributed by atoms with van der Waals surface area (Å²) in [5.74, 6) is 0.714. The second kappa shape index (κ2) is 6.37. The van der Waals surface area contributed by atoms with Crippen LogP contribution in [0.4, 0.5) is 0 Å². The lowest BCUT2D eigenvalue weighted by atomic mass is 10.1. The molecule has 104 valence electrons. The summed E-state index contributed by atoms with van der Waals surface area (Å²) in [5, 5.41) is 11.5. The zero-order chi connectivity index (χ0) is 14.4. The average molecular weight is 272 g/mol. The van der Waals surface area contributed by atoms with E-state index in [9.17, 15) is 0 Å². The van der Waals surface area contributed by atoms with Gasteiger partial charge in [0.05, 0.1) is 19.9 Å². The number of hydrogen-bond donors (Lipinski definition) is 2. The Morgan fingerprint density at radius 1 is 1.45 bits per heavy atom. The summed E-state index contributed by atoms with van der Waals surface area (Å²) in [6.07, 6.45) is 5.20. The Balaban J connectivity index is 2.24. The number of hydrogen-bond acceptors (Lipinski definition) is 4. The molecule has 20 heavy (non-hydrogen) atoms. The molecule has 0 amide bonds. The van der Waals surface area contributed by atoms with E-state index in [2.05, 4.69) is 15.3 Å². The maximum atomic E-state index is 5.34. The van der Waals surface area contributed by atoms with Crippen LogP contribution >= 0.6 is 0 Å². The Labute approximate surface area is 116 Å². The molecule has 2 aromatic rings. The van der Waals surface area contributed by atoms with Gasteiger partial charge >= 0.3 is 0 Å². The van der Waals surface area contributed by atoms with E-state index in [0.717, 1.165) is 16.9 Å². The highest BCUT2D eigenvalue weighted by Gasteiger charge is 2.05. The summed E-state index contributed by atoms with van der Waals surface area (Å²) in [4.78, 5) is 0. The Hall–Kier alpha value is -2.83. The van der Waals surface area contributed by atoms with Crippen molar-refractivity contribution in [2.45, 2.75) is 6.54 Å². The van der Waals surface area contributed by atoms with Crippen molar-refractivity contribution < 1.29 is 4.74 Å². The minimum Gasteiger partial charge on any atom is -0.496 e. The number of nitrogens with two attached hydrogens (primary N) is 2. The lowest BCUT2D eigenvalue weighted by Gasteiger charge is -2.09. The molecule has 4 N–H and O–H groups in total. The highest BCUT2D eigenvalue weighted by atomic mass is 16.5. The van der Waals surface area contributed by atoms with Crippen molar-refractivity contribution in [3.8, 4) is 5.75 Å². The summed E-state index contributed by atoms with van der Waals surface area (Å²) >= 11 is 0. The maximum Gasteiger partial charge on any atom is 0.211 e. The van der Waals surface area contributed by atoms with Crippen LogP contribution in [0.25, 0.3) is 0 Å². The third kappa shape index (κ3) is 3.58. The average Bonchev–Trinajstić information content (AvgIpc) is 2.91. The molecule has 0 unspecified atom stereocenters. The summed E-state index contributed by atoms with van der Waals surface area (Å²) in [5.41, 5.74) is 12.3. The van der Waals surface area contributed by atoms with Crippen LogP contribution in [-0.2, 0) is 6.54 Å². The van der Waals surface area contributed by atoms with Crippen molar-refractivity contribution in [2.75, 3.05) is 7.11 Å². The van der Waals surface area contributed by atoms with Crippen molar-refractivity contribution in [3.05, 3.63) is 47.8 Å². The van der Waals surface area contributed by atoms with E-state index in [1.54, 1.807) is 19.5 Å². The fourth-order valence-electron chi connectivity index (χ4n) is 1.73. The highest BCUT2D eigenvalue weighted by Crippen LogP contribution is 2.20. The number of rotatable bonds is 5. The van der Waals surface area contributed by atoms with Crippen molar-refractivity contribution in [1.29, 1.82) is 0 Å². The van der Waals surface area contributed by atoms with E-state index in [1.165, 1.54) is 0 Å². The van der Waals surface area contributed by atoms with Gasteiger partial charge in [0.2, 0.25) is 5.96 Å². The molecule has 0 atom stereocenters. The van der Waals surface area contributed by atoms with E-state index in [0.29, 0.717) is 6.54 Å². The normalized spacial score (nSPS) is 10.7. The van der Waals surface area contributed by atoms with Gasteiger partial charge in [-0.05, 0) is 29.8 Å². The number of aromatic nitrogens is 2. The van der Waals surface area contributed by atoms with E-state index < -0.39 is 0 Å². The predicted molar refractivity (Wildman–Crippen MR) is 77.7 cm³/mol. The quantitative estimate of drug-likeness (QED) is 0.471. The molecule has 2 rings (SSSR count). The number of guanidine groups is 1. The standard InChI is InChI=1S/C13H16N6O/c1-20-12-4-3-10(8-16-18-13(14)15)7-11(12)9-19-6-2-5-17-19/h2-8H,9H2,1H3,(H4,14,15,18). The van der Waals surface area contributed by atoms with Gasteiger partial charge in [-0.3, -0.25) is 4.68 Å². The molecule has 0 fully saturated rings. The summed E-state index contributed by atoms with van der Waals surface area (Å²) in [6, 6.07) is 7.57. The summed E-state index contributed by atoms with van der Waals surface area (Å²) in [6.45, 7) is 0.611. The molecule has 1 heterocycles. The molecule has 7 heteroatoms. The van der Waals surface area contributed by atoms with Crippen molar-refractivity contribution in [2.24, 2.45) is 21.7 Å². The molecule has 0 aliphatic carbocycles. The number of benzene rings is 1. The largest absolute Gasteiger partial charge is 0.496 e. The van der Waals surface area contributed by atoms with E-state index >= 15 is 0 Å². The second-order valence-corrected chi connectivity index (χ2v) is 4.04. The van der Waals surface area contributed by atoms with Crippen molar-refractivity contribution in [1.82, 2.24) is 9.78 Å². The van der Waals surface area contributed by atoms with Gasteiger partial charge in [0.25, 0.3) is 0 Å². The van der Waals surface area contributed by atoms with E-state index in [4.69, 9.17) is 16.2 Å². The topological polar surface area (TPSA) is 104 Å². The van der Waals surface area contributed by atoms with Gasteiger partial charge < -0.3 is 16.2 Å². The minimum atomic E-state index is -0.0773. The molecule has 1 aromatic carbocycles. The fourth-order valence-corrected chi connectivity index (χ4v) is 1.73. The van der Waals surface area contributed by atoms with E-state index in [1.807, 2.05) is 35.1 Å². The van der Waals surface area contributed by atoms with Crippen LogP contribution in [-0.4, -0.2) is 29.1 Å². The van der Waals surface area contributed by atoms with Gasteiger partial charge in [-0.15, -0.1) is 5.10 Å². The van der Waals surface area contributed by atoms with Gasteiger partial charge in [-0.25, -0.2) is 0 Å². The Kier molecular flexibility index (Phi) is 4.33. The molecular formula is C13H16N6O. The van der Waals surface area contributed by atoms with Crippen molar-refractivity contribution >= 4 is 12.2 Å². The first-order valence-electron chi connectivity index (χ1n) is 5.95. The first-order chi connectivity index (χ1) is 9.69. The van der Waals surface area contributed by atoms with Gasteiger partial charge in [0.15, 0.2) is 0 Å². The molecule has 0 radical (unpaired) electrons. The lowest BCUT2D eigenvalue weighted by Crippen LogP contribution is -2.21. The van der Waals surface area contributed by atoms with Gasteiger partial charge in [-0.1, -0.05) is 0 Å². The molecule has 0 saturated heterocycles. The molecule has 0 spiro atoms. The molecule has 0 bridgehead atoms. The molecule has 7 nitrogen and oxygen atoms in total. The summed E-state index contributed by atoms with van der Waals surface area (Å²) < 4.78 is 7.15. The van der Waals surface area contributed by atoms with Crippen LogP contribution in [0.15, 0.2) is 46.9 Å². The smallest absolute Gasteiger partial charge is 0.211 e. The predicted octanol–water partition coefficient (Wildman–Crippen LogP) is 0.547. The SMILES string of the molecule is COc1ccc(C=NN=C(N)N)cc1Cn1cccn1. The van der Waals surface area contributed by atoms with Crippen LogP contribution in [0.1, 0.15) is 11.1 Å². The Morgan fingerprint density at radius 3 is 2.95 bits per heavy atom. The van der Waals surface area contributed by atoms with Crippen LogP contribution in [0.5, 0.6) is 5.75 Å². The van der Waals surface area contributed by atoms with Gasteiger partial charge in [0, 0.05) is 18.0 Å². The zero-order valence-corrected chi connectivity index (χ0v) is 11.1. The van der Waals surface area contributed by atoms with E-state index in [-0.39, 0.29) is 5.96 Å². The third-order valence-electron chi connectivity index (χ3n) is 2.58. The van der Waals surface area contributed by atoms with Gasteiger partial charge in [0.1, 0.15) is 5.75 Å². The number of nitrogens with zero attached hydrogens (tertiary/aromatic N) is 4. The first kappa shape index (κ1) is 13.6. The minimum absolute atomic E-state index is 0.0773. The molecule has 0 aliphatic rings. The Morgan fingerprint density at radius 2 is 2.30 bits per heavy atom. The molecular weight excluding hydrogens is 256 g/mol. The monoisotopic (exact) mass is 272 g/mol. The van der Waals surface area contributed by atoms with Gasteiger partial charge in [-0.2, -0.15) is 10.2 Å². The number of ether oxygens (including phenoxy) is 1. The first-order valence-corrected chi connectivity index (χ1v) is 5.95. The maximum absolute atomic E-state index is 5.34. The molecule has 0 saturated carbocycles. The van der Waals surface area contributed by atoms with Crippen LogP contribution in [0.3, 0.4) is 0 Å². The lowest BCUT2D eigenvalue weighted by molar-refractivity contribution is 0.407. The van der Waals surface area contributed by atoms with Crippen molar-refractivity contribution in [3.63, 3.8) is 0 Å². The second-order valence-electron chi connectivity index (χ2n) is 4.04. The zero-order valence-electron chi connectivity index (χ0n) is 11.1.